The molecule has 0 N–H and O–H groups in total. The number of aromatic nitrogens is 2. The topological polar surface area (TPSA) is 57.9 Å². The van der Waals surface area contributed by atoms with Gasteiger partial charge in [0.05, 0.1) is 11.6 Å². The van der Waals surface area contributed by atoms with Gasteiger partial charge in [-0.05, 0) is 31.4 Å². The molecule has 0 saturated carbocycles. The summed E-state index contributed by atoms with van der Waals surface area (Å²) in [4.78, 5) is 33.1. The second-order valence-electron chi connectivity index (χ2n) is 6.73. The first kappa shape index (κ1) is 17.5. The van der Waals surface area contributed by atoms with Crippen LogP contribution in [0.25, 0.3) is 5.52 Å². The van der Waals surface area contributed by atoms with Crippen LogP contribution in [0, 0.1) is 0 Å². The highest BCUT2D eigenvalue weighted by Gasteiger charge is 2.33. The lowest BCUT2D eigenvalue weighted by Crippen LogP contribution is -2.29. The summed E-state index contributed by atoms with van der Waals surface area (Å²) in [6, 6.07) is 5.71. The Kier molecular flexibility index (Phi) is 5.06. The molecule has 2 aromatic rings. The van der Waals surface area contributed by atoms with E-state index in [9.17, 15) is 9.59 Å². The van der Waals surface area contributed by atoms with Gasteiger partial charge in [0.2, 0.25) is 5.91 Å². The van der Waals surface area contributed by atoms with Crippen molar-refractivity contribution in [1.29, 1.82) is 0 Å². The van der Waals surface area contributed by atoms with Gasteiger partial charge in [0.25, 0.3) is 5.91 Å². The minimum absolute atomic E-state index is 0.0584. The Morgan fingerprint density at radius 3 is 2.88 bits per heavy atom. The first-order chi connectivity index (χ1) is 12.0. The van der Waals surface area contributed by atoms with E-state index in [4.69, 9.17) is 4.98 Å². The Morgan fingerprint density at radius 1 is 1.36 bits per heavy atom. The van der Waals surface area contributed by atoms with Gasteiger partial charge in [0.15, 0.2) is 5.69 Å². The third kappa shape index (κ3) is 3.25. The Labute approximate surface area is 148 Å². The van der Waals surface area contributed by atoms with E-state index in [1.807, 2.05) is 40.7 Å². The standard InChI is InChI=1S/C19H26N4O2/c1-4-5-11-21(3)19(25)17-15-9-6-7-12-23(15)18(20-17)16-10-8-13-22(16)14(2)24/h6-7,9,12,16H,4-5,8,10-11,13H2,1-3H3/t16-/m1/s1. The molecule has 0 unspecified atom stereocenters. The highest BCUT2D eigenvalue weighted by molar-refractivity contribution is 5.99. The van der Waals surface area contributed by atoms with Crippen molar-refractivity contribution < 1.29 is 9.59 Å². The summed E-state index contributed by atoms with van der Waals surface area (Å²) < 4.78 is 1.97. The fraction of sp³-hybridized carbons (Fsp3) is 0.526. The maximum atomic E-state index is 12.9. The summed E-state index contributed by atoms with van der Waals surface area (Å²) in [5.41, 5.74) is 1.28. The van der Waals surface area contributed by atoms with E-state index in [1.54, 1.807) is 11.8 Å². The number of likely N-dealkylation sites (tertiary alicyclic amines) is 1. The van der Waals surface area contributed by atoms with Crippen molar-refractivity contribution in [3.8, 4) is 0 Å². The molecular weight excluding hydrogens is 316 g/mol. The number of amides is 2. The number of hydrogen-bond donors (Lipinski definition) is 0. The van der Waals surface area contributed by atoms with Crippen molar-refractivity contribution in [3.63, 3.8) is 0 Å². The van der Waals surface area contributed by atoms with Gasteiger partial charge in [-0.2, -0.15) is 0 Å². The zero-order valence-electron chi connectivity index (χ0n) is 15.2. The average molecular weight is 342 g/mol. The van der Waals surface area contributed by atoms with Crippen molar-refractivity contribution in [2.45, 2.75) is 45.6 Å². The molecule has 0 spiro atoms. The maximum Gasteiger partial charge on any atom is 0.274 e. The summed E-state index contributed by atoms with van der Waals surface area (Å²) in [7, 11) is 1.82. The normalized spacial score (nSPS) is 17.2. The summed E-state index contributed by atoms with van der Waals surface area (Å²) >= 11 is 0. The second kappa shape index (κ2) is 7.25. The largest absolute Gasteiger partial charge is 0.340 e. The molecule has 1 fully saturated rings. The van der Waals surface area contributed by atoms with Gasteiger partial charge >= 0.3 is 0 Å². The summed E-state index contributed by atoms with van der Waals surface area (Å²) in [6.07, 6.45) is 5.79. The van der Waals surface area contributed by atoms with Crippen LogP contribution in [0.4, 0.5) is 0 Å². The number of unbranched alkanes of at least 4 members (excludes halogenated alkanes) is 1. The van der Waals surface area contributed by atoms with Gasteiger partial charge in [-0.1, -0.05) is 19.4 Å². The highest BCUT2D eigenvalue weighted by atomic mass is 16.2. The van der Waals surface area contributed by atoms with Crippen molar-refractivity contribution in [1.82, 2.24) is 19.2 Å². The van der Waals surface area contributed by atoms with Crippen molar-refractivity contribution in [2.75, 3.05) is 20.1 Å². The minimum Gasteiger partial charge on any atom is -0.340 e. The van der Waals surface area contributed by atoms with E-state index in [2.05, 4.69) is 6.92 Å². The number of fused-ring (bicyclic) bond motifs is 1. The molecule has 134 valence electrons. The van der Waals surface area contributed by atoms with Crippen LogP contribution >= 0.6 is 0 Å². The molecule has 25 heavy (non-hydrogen) atoms. The van der Waals surface area contributed by atoms with Gasteiger partial charge in [-0.3, -0.25) is 9.59 Å². The van der Waals surface area contributed by atoms with Crippen molar-refractivity contribution in [3.05, 3.63) is 35.9 Å². The van der Waals surface area contributed by atoms with Crippen LogP contribution in [0.2, 0.25) is 0 Å². The smallest absolute Gasteiger partial charge is 0.274 e. The minimum atomic E-state index is -0.0603. The lowest BCUT2D eigenvalue weighted by molar-refractivity contribution is -0.129. The van der Waals surface area contributed by atoms with Gasteiger partial charge in [-0.15, -0.1) is 0 Å². The second-order valence-corrected chi connectivity index (χ2v) is 6.73. The molecule has 6 heteroatoms. The molecule has 6 nitrogen and oxygen atoms in total. The van der Waals surface area contributed by atoms with E-state index in [0.717, 1.165) is 50.1 Å². The van der Waals surface area contributed by atoms with Gasteiger partial charge in [0.1, 0.15) is 5.82 Å². The van der Waals surface area contributed by atoms with Gasteiger partial charge in [-0.25, -0.2) is 4.98 Å². The molecule has 0 aliphatic carbocycles. The number of pyridine rings is 1. The number of imidazole rings is 1. The summed E-state index contributed by atoms with van der Waals surface area (Å²) in [6.45, 7) is 5.18. The number of hydrogen-bond acceptors (Lipinski definition) is 3. The predicted octanol–water partition coefficient (Wildman–Crippen LogP) is 2.89. The fourth-order valence-corrected chi connectivity index (χ4v) is 3.54. The number of carbonyl (C=O) groups excluding carboxylic acids is 2. The Bertz CT molecular complexity index is 783. The Morgan fingerprint density at radius 2 is 2.16 bits per heavy atom. The lowest BCUT2D eigenvalue weighted by Gasteiger charge is -2.22. The molecule has 1 atom stereocenters. The molecule has 0 bridgehead atoms. The van der Waals surface area contributed by atoms with Crippen molar-refractivity contribution >= 4 is 17.3 Å². The van der Waals surface area contributed by atoms with Crippen molar-refractivity contribution in [2.24, 2.45) is 0 Å². The van der Waals surface area contributed by atoms with Crippen LogP contribution < -0.4 is 0 Å². The third-order valence-corrected chi connectivity index (χ3v) is 4.93. The molecule has 3 heterocycles. The fourth-order valence-electron chi connectivity index (χ4n) is 3.54. The van der Waals surface area contributed by atoms with E-state index < -0.39 is 0 Å². The number of carbonyl (C=O) groups is 2. The van der Waals surface area contributed by atoms with E-state index in [1.165, 1.54) is 0 Å². The Hall–Kier alpha value is -2.37. The molecule has 3 rings (SSSR count). The molecule has 2 aromatic heterocycles. The molecular formula is C19H26N4O2. The molecule has 1 saturated heterocycles. The van der Waals surface area contributed by atoms with E-state index in [0.29, 0.717) is 5.69 Å². The third-order valence-electron chi connectivity index (χ3n) is 4.93. The van der Waals surface area contributed by atoms with E-state index >= 15 is 0 Å². The van der Waals surface area contributed by atoms with Gasteiger partial charge in [0, 0.05) is 33.3 Å². The lowest BCUT2D eigenvalue weighted by atomic mass is 10.2. The first-order valence-corrected chi connectivity index (χ1v) is 9.04. The highest BCUT2D eigenvalue weighted by Crippen LogP contribution is 2.32. The van der Waals surface area contributed by atoms with Gasteiger partial charge < -0.3 is 14.2 Å². The van der Waals surface area contributed by atoms with Crippen LogP contribution in [0.15, 0.2) is 24.4 Å². The molecule has 0 aromatic carbocycles. The SMILES string of the molecule is CCCCN(C)C(=O)c1nc([C@H]2CCCN2C(C)=O)n2ccccc12. The molecule has 0 radical (unpaired) electrons. The molecule has 1 aliphatic heterocycles. The zero-order valence-corrected chi connectivity index (χ0v) is 15.2. The first-order valence-electron chi connectivity index (χ1n) is 9.04. The quantitative estimate of drug-likeness (QED) is 0.839. The van der Waals surface area contributed by atoms with Crippen LogP contribution in [-0.2, 0) is 4.79 Å². The van der Waals surface area contributed by atoms with E-state index in [-0.39, 0.29) is 17.9 Å². The average Bonchev–Trinajstić information content (AvgIpc) is 3.23. The Balaban J connectivity index is 2.01. The van der Waals surface area contributed by atoms with Crippen LogP contribution in [0.5, 0.6) is 0 Å². The van der Waals surface area contributed by atoms with Crippen LogP contribution in [0.3, 0.4) is 0 Å². The number of rotatable bonds is 5. The zero-order chi connectivity index (χ0) is 18.0. The molecule has 2 amide bonds. The molecule has 1 aliphatic rings. The monoisotopic (exact) mass is 342 g/mol. The summed E-state index contributed by atoms with van der Waals surface area (Å²) in [5, 5.41) is 0. The van der Waals surface area contributed by atoms with Crippen LogP contribution in [-0.4, -0.2) is 51.1 Å². The van der Waals surface area contributed by atoms with Crippen LogP contribution in [0.1, 0.15) is 61.9 Å². The predicted molar refractivity (Wildman–Crippen MR) is 96.4 cm³/mol. The maximum absolute atomic E-state index is 12.9. The summed E-state index contributed by atoms with van der Waals surface area (Å²) in [5.74, 6) is 0.787. The number of nitrogens with zero attached hydrogens (tertiary/aromatic N) is 4.